The lowest BCUT2D eigenvalue weighted by atomic mass is 9.85. The number of halogens is 4. The Labute approximate surface area is 165 Å². The Balaban J connectivity index is 1.83. The number of carbonyl (C=O) groups excluding carboxylic acids is 1. The minimum absolute atomic E-state index is 0.0151. The average Bonchev–Trinajstić information content (AvgIpc) is 3.14. The molecule has 1 aliphatic rings. The van der Waals surface area contributed by atoms with E-state index in [1.54, 1.807) is 0 Å². The van der Waals surface area contributed by atoms with E-state index >= 15 is 0 Å². The van der Waals surface area contributed by atoms with E-state index in [9.17, 15) is 27.5 Å². The number of hydrogen-bond donors (Lipinski definition) is 2. The van der Waals surface area contributed by atoms with E-state index in [2.05, 4.69) is 10.4 Å². The Morgan fingerprint density at radius 3 is 2.45 bits per heavy atom. The fourth-order valence-electron chi connectivity index (χ4n) is 3.83. The molecular formula is C20H23F4N3O2. The van der Waals surface area contributed by atoms with Crippen LogP contribution in [0, 0.1) is 11.7 Å². The fraction of sp³-hybridized carbons (Fsp3) is 0.500. The lowest BCUT2D eigenvalue weighted by Crippen LogP contribution is -2.39. The predicted octanol–water partition coefficient (Wildman–Crippen LogP) is 4.09. The smallest absolute Gasteiger partial charge is 0.394 e. The third-order valence-corrected chi connectivity index (χ3v) is 5.25. The molecule has 5 nitrogen and oxygen atoms in total. The zero-order valence-electron chi connectivity index (χ0n) is 15.8. The minimum Gasteiger partial charge on any atom is -0.394 e. The maximum Gasteiger partial charge on any atom is 0.434 e. The molecule has 0 bridgehead atoms. The van der Waals surface area contributed by atoms with Crippen LogP contribution in [0.5, 0.6) is 0 Å². The summed E-state index contributed by atoms with van der Waals surface area (Å²) in [5.74, 6) is -1.20. The van der Waals surface area contributed by atoms with Crippen molar-refractivity contribution >= 4 is 5.91 Å². The summed E-state index contributed by atoms with van der Waals surface area (Å²) in [6.07, 6.45) is 1.82. The molecule has 1 aromatic carbocycles. The second kappa shape index (κ2) is 8.94. The van der Waals surface area contributed by atoms with Crippen molar-refractivity contribution in [1.29, 1.82) is 0 Å². The van der Waals surface area contributed by atoms with Gasteiger partial charge in [-0.1, -0.05) is 32.1 Å². The van der Waals surface area contributed by atoms with Crippen LogP contribution in [-0.4, -0.2) is 33.4 Å². The zero-order chi connectivity index (χ0) is 21.0. The predicted molar refractivity (Wildman–Crippen MR) is 98.1 cm³/mol. The highest BCUT2D eigenvalue weighted by atomic mass is 19.4. The molecule has 0 spiro atoms. The number of amides is 1. The fourth-order valence-corrected chi connectivity index (χ4v) is 3.83. The maximum atomic E-state index is 13.7. The van der Waals surface area contributed by atoms with Crippen LogP contribution in [0.25, 0.3) is 5.69 Å². The molecule has 3 rings (SSSR count). The van der Waals surface area contributed by atoms with Crippen molar-refractivity contribution in [3.63, 3.8) is 0 Å². The highest BCUT2D eigenvalue weighted by molar-refractivity contribution is 5.95. The molecule has 1 amide bonds. The zero-order valence-corrected chi connectivity index (χ0v) is 15.8. The molecule has 0 aliphatic heterocycles. The molecule has 2 N–H and O–H groups in total. The van der Waals surface area contributed by atoms with E-state index in [-0.39, 0.29) is 12.3 Å². The van der Waals surface area contributed by atoms with Gasteiger partial charge < -0.3 is 10.4 Å². The summed E-state index contributed by atoms with van der Waals surface area (Å²) in [6, 6.07) is 3.71. The van der Waals surface area contributed by atoms with Crippen molar-refractivity contribution < 1.29 is 27.5 Å². The van der Waals surface area contributed by atoms with Crippen LogP contribution in [0.15, 0.2) is 30.5 Å². The SMILES string of the molecule is O=C(NC(CO)CC1CCCCC1)c1cnn(-c2ccc(F)cc2)c1C(F)(F)F. The van der Waals surface area contributed by atoms with Gasteiger partial charge in [0.05, 0.1) is 30.1 Å². The number of aliphatic hydroxyl groups is 1. The van der Waals surface area contributed by atoms with Gasteiger partial charge in [0.15, 0.2) is 5.69 Å². The van der Waals surface area contributed by atoms with Crippen LogP contribution in [0.4, 0.5) is 17.6 Å². The van der Waals surface area contributed by atoms with Gasteiger partial charge in [-0.2, -0.15) is 18.3 Å². The van der Waals surface area contributed by atoms with Gasteiger partial charge in [-0.25, -0.2) is 9.07 Å². The molecule has 9 heteroatoms. The van der Waals surface area contributed by atoms with Crippen molar-refractivity contribution in [1.82, 2.24) is 15.1 Å². The highest BCUT2D eigenvalue weighted by Crippen LogP contribution is 2.34. The van der Waals surface area contributed by atoms with Gasteiger partial charge in [-0.05, 0) is 36.6 Å². The van der Waals surface area contributed by atoms with Crippen molar-refractivity contribution in [3.8, 4) is 5.69 Å². The molecule has 2 aromatic rings. The molecule has 1 atom stereocenters. The number of aliphatic hydroxyl groups excluding tert-OH is 1. The number of carbonyl (C=O) groups is 1. The summed E-state index contributed by atoms with van der Waals surface area (Å²) in [6.45, 7) is -0.351. The van der Waals surface area contributed by atoms with Gasteiger partial charge in [-0.15, -0.1) is 0 Å². The summed E-state index contributed by atoms with van der Waals surface area (Å²) in [4.78, 5) is 12.6. The van der Waals surface area contributed by atoms with Crippen LogP contribution in [-0.2, 0) is 6.18 Å². The molecular weight excluding hydrogens is 390 g/mol. The Morgan fingerprint density at radius 2 is 1.86 bits per heavy atom. The van der Waals surface area contributed by atoms with Gasteiger partial charge in [0.2, 0.25) is 0 Å². The van der Waals surface area contributed by atoms with Crippen LogP contribution in [0.3, 0.4) is 0 Å². The third kappa shape index (κ3) is 5.14. The largest absolute Gasteiger partial charge is 0.434 e. The normalized spacial score (nSPS) is 16.6. The van der Waals surface area contributed by atoms with E-state index in [0.717, 1.165) is 62.6 Å². The first-order valence-electron chi connectivity index (χ1n) is 9.62. The molecule has 1 aromatic heterocycles. The first kappa shape index (κ1) is 21.3. The molecule has 158 valence electrons. The summed E-state index contributed by atoms with van der Waals surface area (Å²) >= 11 is 0. The van der Waals surface area contributed by atoms with Gasteiger partial charge in [-0.3, -0.25) is 4.79 Å². The van der Waals surface area contributed by atoms with Crippen molar-refractivity contribution in [2.24, 2.45) is 5.92 Å². The van der Waals surface area contributed by atoms with Crippen LogP contribution >= 0.6 is 0 Å². The number of benzene rings is 1. The lowest BCUT2D eigenvalue weighted by Gasteiger charge is -2.26. The standard InChI is InChI=1S/C20H23F4N3O2/c21-14-6-8-16(9-7-14)27-18(20(22,23)24)17(11-25-27)19(29)26-15(12-28)10-13-4-2-1-3-5-13/h6-9,11,13,15,28H,1-5,10,12H2,(H,26,29). The number of hydrogen-bond acceptors (Lipinski definition) is 3. The van der Waals surface area contributed by atoms with Crippen LogP contribution < -0.4 is 5.32 Å². The van der Waals surface area contributed by atoms with Crippen molar-refractivity contribution in [2.75, 3.05) is 6.61 Å². The number of aromatic nitrogens is 2. The molecule has 1 heterocycles. The topological polar surface area (TPSA) is 67.2 Å². The Morgan fingerprint density at radius 1 is 1.21 bits per heavy atom. The summed E-state index contributed by atoms with van der Waals surface area (Å²) < 4.78 is 54.8. The van der Waals surface area contributed by atoms with E-state index in [0.29, 0.717) is 17.0 Å². The quantitative estimate of drug-likeness (QED) is 0.701. The van der Waals surface area contributed by atoms with Gasteiger partial charge in [0, 0.05) is 0 Å². The van der Waals surface area contributed by atoms with E-state index in [1.807, 2.05) is 0 Å². The number of alkyl halides is 3. The first-order chi connectivity index (χ1) is 13.8. The number of rotatable bonds is 6. The van der Waals surface area contributed by atoms with E-state index in [4.69, 9.17) is 0 Å². The van der Waals surface area contributed by atoms with Gasteiger partial charge in [0.1, 0.15) is 5.82 Å². The number of nitrogens with one attached hydrogen (secondary N) is 1. The van der Waals surface area contributed by atoms with Crippen LogP contribution in [0.2, 0.25) is 0 Å². The highest BCUT2D eigenvalue weighted by Gasteiger charge is 2.41. The summed E-state index contributed by atoms with van der Waals surface area (Å²) in [5.41, 5.74) is -1.89. The minimum atomic E-state index is -4.85. The summed E-state index contributed by atoms with van der Waals surface area (Å²) in [7, 11) is 0. The van der Waals surface area contributed by atoms with Crippen molar-refractivity contribution in [3.05, 3.63) is 47.5 Å². The molecule has 1 unspecified atom stereocenters. The van der Waals surface area contributed by atoms with Gasteiger partial charge >= 0.3 is 6.18 Å². The summed E-state index contributed by atoms with van der Waals surface area (Å²) in [5, 5.41) is 15.8. The molecule has 1 saturated carbocycles. The Kier molecular flexibility index (Phi) is 6.56. The second-order valence-electron chi connectivity index (χ2n) is 7.39. The Bertz CT molecular complexity index is 827. The Hall–Kier alpha value is -2.42. The molecule has 0 radical (unpaired) electrons. The number of nitrogens with zero attached hydrogens (tertiary/aromatic N) is 2. The molecule has 1 fully saturated rings. The van der Waals surface area contributed by atoms with Gasteiger partial charge in [0.25, 0.3) is 5.91 Å². The average molecular weight is 413 g/mol. The monoisotopic (exact) mass is 413 g/mol. The third-order valence-electron chi connectivity index (χ3n) is 5.25. The maximum absolute atomic E-state index is 13.7. The second-order valence-corrected chi connectivity index (χ2v) is 7.39. The van der Waals surface area contributed by atoms with E-state index < -0.39 is 35.2 Å². The first-order valence-corrected chi connectivity index (χ1v) is 9.62. The van der Waals surface area contributed by atoms with Crippen LogP contribution in [0.1, 0.15) is 54.6 Å². The van der Waals surface area contributed by atoms with E-state index in [1.165, 1.54) is 0 Å². The molecule has 0 saturated heterocycles. The van der Waals surface area contributed by atoms with Crippen molar-refractivity contribution in [2.45, 2.75) is 50.7 Å². The molecule has 1 aliphatic carbocycles. The molecule has 29 heavy (non-hydrogen) atoms. The lowest BCUT2D eigenvalue weighted by molar-refractivity contribution is -0.143.